The molecular weight excluding hydrogens is 438 g/mol. The van der Waals surface area contributed by atoms with Crippen LogP contribution in [0.3, 0.4) is 0 Å². The van der Waals surface area contributed by atoms with E-state index in [1.807, 2.05) is 43.3 Å². The Morgan fingerprint density at radius 2 is 1.93 bits per heavy atom. The number of fused-ring (bicyclic) bond motifs is 1. The number of carbonyl (C=O) groups is 3. The number of para-hydroxylation sites is 1. The molecule has 0 saturated heterocycles. The van der Waals surface area contributed by atoms with Gasteiger partial charge in [0.2, 0.25) is 0 Å². The highest BCUT2D eigenvalue weighted by molar-refractivity contribution is 9.10. The molecule has 1 atom stereocenters. The van der Waals surface area contributed by atoms with Crippen LogP contribution in [0.15, 0.2) is 46.9 Å². The Bertz CT molecular complexity index is 947. The molecule has 0 unspecified atom stereocenters. The summed E-state index contributed by atoms with van der Waals surface area (Å²) in [6, 6.07) is 12.0. The number of hydrogen-bond donors (Lipinski definition) is 2. The van der Waals surface area contributed by atoms with Crippen molar-refractivity contribution in [3.63, 3.8) is 0 Å². The van der Waals surface area contributed by atoms with E-state index in [4.69, 9.17) is 4.74 Å². The maximum absolute atomic E-state index is 12.7. The normalized spacial score (nSPS) is 15.1. The van der Waals surface area contributed by atoms with Gasteiger partial charge in [-0.2, -0.15) is 0 Å². The number of benzene rings is 2. The molecule has 2 aromatic carbocycles. The van der Waals surface area contributed by atoms with Gasteiger partial charge in [0.25, 0.3) is 5.91 Å². The number of amides is 3. The van der Waals surface area contributed by atoms with E-state index in [1.54, 1.807) is 18.1 Å². The first-order chi connectivity index (χ1) is 14.0. The highest BCUT2D eigenvalue weighted by Gasteiger charge is 2.38. The number of methoxy groups -OCH3 is 1. The summed E-state index contributed by atoms with van der Waals surface area (Å²) in [6.07, 6.45) is 0.519. The van der Waals surface area contributed by atoms with Gasteiger partial charge in [0.15, 0.2) is 0 Å². The van der Waals surface area contributed by atoms with Gasteiger partial charge >= 0.3 is 11.8 Å². The van der Waals surface area contributed by atoms with Crippen molar-refractivity contribution >= 4 is 39.3 Å². The molecule has 0 spiro atoms. The Morgan fingerprint density at radius 1 is 1.17 bits per heavy atom. The monoisotopic (exact) mass is 459 g/mol. The van der Waals surface area contributed by atoms with Crippen molar-refractivity contribution in [1.82, 2.24) is 10.6 Å². The topological polar surface area (TPSA) is 87.7 Å². The SMILES string of the molecule is CCN1C(=O)[C@@H](NC(=O)C(=O)NCCc2ccccc2OC)c2cc(Br)ccc21. The first kappa shape index (κ1) is 20.9. The Morgan fingerprint density at radius 3 is 2.66 bits per heavy atom. The summed E-state index contributed by atoms with van der Waals surface area (Å²) in [4.78, 5) is 38.9. The van der Waals surface area contributed by atoms with Gasteiger partial charge in [-0.3, -0.25) is 14.4 Å². The van der Waals surface area contributed by atoms with Crippen molar-refractivity contribution in [2.45, 2.75) is 19.4 Å². The van der Waals surface area contributed by atoms with Gasteiger partial charge in [-0.1, -0.05) is 34.1 Å². The summed E-state index contributed by atoms with van der Waals surface area (Å²) in [6.45, 7) is 2.61. The summed E-state index contributed by atoms with van der Waals surface area (Å²) >= 11 is 3.39. The molecule has 0 bridgehead atoms. The molecule has 2 N–H and O–H groups in total. The van der Waals surface area contributed by atoms with Gasteiger partial charge < -0.3 is 20.3 Å². The second-order valence-corrected chi connectivity index (χ2v) is 7.43. The third-order valence-corrected chi connectivity index (χ3v) is 5.27. The van der Waals surface area contributed by atoms with Gasteiger partial charge in [0, 0.05) is 28.8 Å². The lowest BCUT2D eigenvalue weighted by molar-refractivity contribution is -0.140. The van der Waals surface area contributed by atoms with Crippen LogP contribution in [-0.2, 0) is 20.8 Å². The Kier molecular flexibility index (Phi) is 6.53. The van der Waals surface area contributed by atoms with Crippen LogP contribution in [0.25, 0.3) is 0 Å². The highest BCUT2D eigenvalue weighted by Crippen LogP contribution is 2.37. The minimum Gasteiger partial charge on any atom is -0.496 e. The Labute approximate surface area is 177 Å². The molecule has 1 heterocycles. The number of likely N-dealkylation sites (N-methyl/N-ethyl adjacent to an activating group) is 1. The molecule has 0 radical (unpaired) electrons. The molecule has 0 fully saturated rings. The molecule has 0 saturated carbocycles. The van der Waals surface area contributed by atoms with E-state index in [0.717, 1.165) is 21.5 Å². The van der Waals surface area contributed by atoms with Crippen LogP contribution in [0.1, 0.15) is 24.1 Å². The number of anilines is 1. The standard InChI is InChI=1S/C21H22BrN3O4/c1-3-25-16-9-8-14(22)12-15(16)18(21(25)28)24-20(27)19(26)23-11-10-13-6-4-5-7-17(13)29-2/h4-9,12,18H,3,10-11H2,1-2H3,(H,23,26)(H,24,27)/t18-/m0/s1. The second kappa shape index (κ2) is 9.09. The maximum Gasteiger partial charge on any atom is 0.310 e. The minimum absolute atomic E-state index is 0.254. The van der Waals surface area contributed by atoms with Crippen LogP contribution in [-0.4, -0.2) is 37.9 Å². The third-order valence-electron chi connectivity index (χ3n) is 4.77. The zero-order valence-electron chi connectivity index (χ0n) is 16.2. The Balaban J connectivity index is 1.62. The van der Waals surface area contributed by atoms with Crippen LogP contribution in [0.2, 0.25) is 0 Å². The Hall–Kier alpha value is -2.87. The molecule has 2 aromatic rings. The fourth-order valence-electron chi connectivity index (χ4n) is 3.37. The van der Waals surface area contributed by atoms with Gasteiger partial charge in [-0.05, 0) is 43.2 Å². The van der Waals surface area contributed by atoms with Crippen molar-refractivity contribution < 1.29 is 19.1 Å². The lowest BCUT2D eigenvalue weighted by atomic mass is 10.1. The fourth-order valence-corrected chi connectivity index (χ4v) is 3.75. The van der Waals surface area contributed by atoms with E-state index in [0.29, 0.717) is 18.5 Å². The first-order valence-electron chi connectivity index (χ1n) is 9.27. The van der Waals surface area contributed by atoms with Crippen LogP contribution in [0, 0.1) is 0 Å². The molecule has 0 aliphatic carbocycles. The summed E-state index contributed by atoms with van der Waals surface area (Å²) in [7, 11) is 1.58. The average Bonchev–Trinajstić information content (AvgIpc) is 2.98. The number of ether oxygens (including phenoxy) is 1. The molecule has 1 aliphatic heterocycles. The lowest BCUT2D eigenvalue weighted by Crippen LogP contribution is -2.44. The number of halogens is 1. The summed E-state index contributed by atoms with van der Waals surface area (Å²) < 4.78 is 6.07. The molecular formula is C21H22BrN3O4. The largest absolute Gasteiger partial charge is 0.496 e. The van der Waals surface area contributed by atoms with Crippen LogP contribution in [0.4, 0.5) is 5.69 Å². The van der Waals surface area contributed by atoms with E-state index in [1.165, 1.54) is 0 Å². The van der Waals surface area contributed by atoms with E-state index in [2.05, 4.69) is 26.6 Å². The number of carbonyl (C=O) groups excluding carboxylic acids is 3. The first-order valence-corrected chi connectivity index (χ1v) is 10.1. The van der Waals surface area contributed by atoms with Crippen molar-refractivity contribution in [2.75, 3.05) is 25.1 Å². The van der Waals surface area contributed by atoms with E-state index < -0.39 is 17.9 Å². The van der Waals surface area contributed by atoms with Crippen molar-refractivity contribution in [2.24, 2.45) is 0 Å². The fraction of sp³-hybridized carbons (Fsp3) is 0.286. The molecule has 3 rings (SSSR count). The van der Waals surface area contributed by atoms with E-state index in [9.17, 15) is 14.4 Å². The molecule has 0 aromatic heterocycles. The van der Waals surface area contributed by atoms with Gasteiger partial charge in [-0.25, -0.2) is 0 Å². The predicted molar refractivity (Wildman–Crippen MR) is 113 cm³/mol. The zero-order valence-corrected chi connectivity index (χ0v) is 17.8. The molecule has 8 heteroatoms. The predicted octanol–water partition coefficient (Wildman–Crippen LogP) is 2.34. The summed E-state index contributed by atoms with van der Waals surface area (Å²) in [5.74, 6) is -1.15. The number of rotatable bonds is 6. The van der Waals surface area contributed by atoms with Crippen LogP contribution >= 0.6 is 15.9 Å². The smallest absolute Gasteiger partial charge is 0.310 e. The molecule has 3 amide bonds. The van der Waals surface area contributed by atoms with E-state index >= 15 is 0 Å². The average molecular weight is 460 g/mol. The van der Waals surface area contributed by atoms with Crippen molar-refractivity contribution in [3.05, 3.63) is 58.1 Å². The van der Waals surface area contributed by atoms with Crippen molar-refractivity contribution in [1.29, 1.82) is 0 Å². The summed E-state index contributed by atoms with van der Waals surface area (Å²) in [5, 5.41) is 5.15. The van der Waals surface area contributed by atoms with Crippen LogP contribution in [0.5, 0.6) is 5.75 Å². The molecule has 7 nitrogen and oxygen atoms in total. The number of hydrogen-bond acceptors (Lipinski definition) is 4. The van der Waals surface area contributed by atoms with Gasteiger partial charge in [0.05, 0.1) is 7.11 Å². The van der Waals surface area contributed by atoms with Crippen molar-refractivity contribution in [3.8, 4) is 5.75 Å². The zero-order chi connectivity index (χ0) is 21.0. The highest BCUT2D eigenvalue weighted by atomic mass is 79.9. The number of nitrogens with one attached hydrogen (secondary N) is 2. The quantitative estimate of drug-likeness (QED) is 0.648. The van der Waals surface area contributed by atoms with E-state index in [-0.39, 0.29) is 12.5 Å². The maximum atomic E-state index is 12.7. The molecule has 152 valence electrons. The summed E-state index contributed by atoms with van der Waals surface area (Å²) in [5.41, 5.74) is 2.34. The second-order valence-electron chi connectivity index (χ2n) is 6.51. The van der Waals surface area contributed by atoms with Gasteiger partial charge in [0.1, 0.15) is 11.8 Å². The van der Waals surface area contributed by atoms with Crippen LogP contribution < -0.4 is 20.3 Å². The minimum atomic E-state index is -0.880. The molecule has 29 heavy (non-hydrogen) atoms. The molecule has 1 aliphatic rings. The number of nitrogens with zero attached hydrogens (tertiary/aromatic N) is 1. The lowest BCUT2D eigenvalue weighted by Gasteiger charge is -2.15. The third kappa shape index (κ3) is 4.42. The van der Waals surface area contributed by atoms with Gasteiger partial charge in [-0.15, -0.1) is 0 Å².